The van der Waals surface area contributed by atoms with Crippen molar-refractivity contribution in [3.05, 3.63) is 47.0 Å². The van der Waals surface area contributed by atoms with Gasteiger partial charge >= 0.3 is 0 Å². The highest BCUT2D eigenvalue weighted by molar-refractivity contribution is 6.30. The Morgan fingerprint density at radius 1 is 1.33 bits per heavy atom. The molecule has 3 nitrogen and oxygen atoms in total. The first-order valence-electron chi connectivity index (χ1n) is 7.63. The number of hydrogen-bond acceptors (Lipinski definition) is 2. The van der Waals surface area contributed by atoms with Gasteiger partial charge in [-0.1, -0.05) is 32.4 Å². The monoisotopic (exact) mass is 305 g/mol. The van der Waals surface area contributed by atoms with Crippen molar-refractivity contribution in [2.75, 3.05) is 6.54 Å². The van der Waals surface area contributed by atoms with E-state index < -0.39 is 0 Å². The fourth-order valence-corrected chi connectivity index (χ4v) is 2.58. The molecule has 1 N–H and O–H groups in total. The van der Waals surface area contributed by atoms with Gasteiger partial charge in [-0.15, -0.1) is 0 Å². The number of aryl methyl sites for hydroxylation is 1. The Morgan fingerprint density at radius 2 is 2.14 bits per heavy atom. The molecule has 1 aromatic carbocycles. The Balaban J connectivity index is 2.27. The number of nitrogens with zero attached hydrogens (tertiary/aromatic N) is 2. The maximum Gasteiger partial charge on any atom is 0.113 e. The van der Waals surface area contributed by atoms with Crippen LogP contribution in [0, 0.1) is 5.92 Å². The first-order chi connectivity index (χ1) is 10.1. The lowest BCUT2D eigenvalue weighted by Crippen LogP contribution is -2.20. The van der Waals surface area contributed by atoms with Crippen molar-refractivity contribution in [2.24, 2.45) is 5.92 Å². The number of aromatic nitrogens is 2. The molecule has 0 saturated carbocycles. The van der Waals surface area contributed by atoms with Crippen LogP contribution in [-0.2, 0) is 13.0 Å². The van der Waals surface area contributed by atoms with Crippen LogP contribution < -0.4 is 5.32 Å². The molecule has 0 unspecified atom stereocenters. The van der Waals surface area contributed by atoms with Crippen LogP contribution in [0.5, 0.6) is 0 Å². The fraction of sp³-hybridized carbons (Fsp3) is 0.471. The van der Waals surface area contributed by atoms with E-state index in [2.05, 4.69) is 41.7 Å². The van der Waals surface area contributed by atoms with Crippen LogP contribution >= 0.6 is 11.6 Å². The van der Waals surface area contributed by atoms with E-state index in [-0.39, 0.29) is 0 Å². The minimum Gasteiger partial charge on any atom is -0.312 e. The van der Waals surface area contributed by atoms with E-state index in [1.807, 2.05) is 24.5 Å². The third kappa shape index (κ3) is 4.32. The summed E-state index contributed by atoms with van der Waals surface area (Å²) in [6.07, 6.45) is 5.96. The van der Waals surface area contributed by atoms with E-state index in [4.69, 9.17) is 11.6 Å². The molecule has 1 heterocycles. The minimum atomic E-state index is 0.636. The lowest BCUT2D eigenvalue weighted by Gasteiger charge is -2.15. The molecule has 1 aromatic heterocycles. The molecule has 0 saturated heterocycles. The standard InChI is InChI=1S/C17H24ClN3/c1-4-5-17-20-8-9-21(17)16-7-6-15(18)10-14(16)12-19-11-13(2)3/h6-10,13,19H,4-5,11-12H2,1-3H3. The SMILES string of the molecule is CCCc1nccn1-c1ccc(Cl)cc1CNCC(C)C. The molecule has 0 bridgehead atoms. The van der Waals surface area contributed by atoms with Gasteiger partial charge in [-0.05, 0) is 42.6 Å². The highest BCUT2D eigenvalue weighted by Gasteiger charge is 2.09. The first kappa shape index (κ1) is 16.1. The van der Waals surface area contributed by atoms with Crippen LogP contribution in [0.1, 0.15) is 38.6 Å². The zero-order valence-electron chi connectivity index (χ0n) is 13.1. The largest absolute Gasteiger partial charge is 0.312 e. The summed E-state index contributed by atoms with van der Waals surface area (Å²) in [6.45, 7) is 8.41. The Hall–Kier alpha value is -1.32. The lowest BCUT2D eigenvalue weighted by molar-refractivity contribution is 0.551. The topological polar surface area (TPSA) is 29.9 Å². The predicted molar refractivity (Wildman–Crippen MR) is 89.1 cm³/mol. The van der Waals surface area contributed by atoms with Crippen LogP contribution in [0.4, 0.5) is 0 Å². The Morgan fingerprint density at radius 3 is 2.86 bits per heavy atom. The van der Waals surface area contributed by atoms with Crippen LogP contribution in [0.2, 0.25) is 5.02 Å². The second kappa shape index (κ2) is 7.62. The van der Waals surface area contributed by atoms with Gasteiger partial charge in [0.05, 0.1) is 5.69 Å². The van der Waals surface area contributed by atoms with E-state index in [1.165, 1.54) is 5.56 Å². The molecular weight excluding hydrogens is 282 g/mol. The average Bonchev–Trinajstić information content (AvgIpc) is 2.87. The van der Waals surface area contributed by atoms with Gasteiger partial charge < -0.3 is 9.88 Å². The van der Waals surface area contributed by atoms with E-state index in [0.29, 0.717) is 5.92 Å². The van der Waals surface area contributed by atoms with Crippen molar-refractivity contribution in [3.63, 3.8) is 0 Å². The molecule has 0 fully saturated rings. The second-order valence-corrected chi connectivity index (χ2v) is 6.20. The summed E-state index contributed by atoms with van der Waals surface area (Å²) in [7, 11) is 0. The highest BCUT2D eigenvalue weighted by Crippen LogP contribution is 2.21. The van der Waals surface area contributed by atoms with Gasteiger partial charge in [0, 0.05) is 30.4 Å². The number of rotatable bonds is 7. The van der Waals surface area contributed by atoms with Gasteiger partial charge in [-0.25, -0.2) is 4.98 Å². The van der Waals surface area contributed by atoms with Crippen molar-refractivity contribution in [3.8, 4) is 5.69 Å². The summed E-state index contributed by atoms with van der Waals surface area (Å²) in [5.74, 6) is 1.74. The fourth-order valence-electron chi connectivity index (χ4n) is 2.39. The van der Waals surface area contributed by atoms with Gasteiger partial charge in [0.15, 0.2) is 0 Å². The Kier molecular flexibility index (Phi) is 5.83. The third-order valence-electron chi connectivity index (χ3n) is 3.36. The van der Waals surface area contributed by atoms with E-state index in [1.54, 1.807) is 0 Å². The van der Waals surface area contributed by atoms with Gasteiger partial charge in [0.25, 0.3) is 0 Å². The summed E-state index contributed by atoms with van der Waals surface area (Å²) in [5, 5.41) is 4.27. The summed E-state index contributed by atoms with van der Waals surface area (Å²) < 4.78 is 2.17. The van der Waals surface area contributed by atoms with Gasteiger partial charge in [-0.3, -0.25) is 0 Å². The molecule has 114 valence electrons. The maximum absolute atomic E-state index is 6.17. The molecule has 0 aliphatic rings. The summed E-state index contributed by atoms with van der Waals surface area (Å²) >= 11 is 6.17. The predicted octanol–water partition coefficient (Wildman–Crippen LogP) is 4.22. The summed E-state index contributed by atoms with van der Waals surface area (Å²) in [6, 6.07) is 6.06. The summed E-state index contributed by atoms with van der Waals surface area (Å²) in [4.78, 5) is 4.46. The molecule has 2 rings (SSSR count). The molecule has 2 aromatic rings. The van der Waals surface area contributed by atoms with E-state index in [0.717, 1.165) is 42.5 Å². The molecule has 21 heavy (non-hydrogen) atoms. The van der Waals surface area contributed by atoms with Crippen LogP contribution in [0.15, 0.2) is 30.6 Å². The van der Waals surface area contributed by atoms with Gasteiger partial charge in [0.2, 0.25) is 0 Å². The molecule has 0 radical (unpaired) electrons. The smallest absolute Gasteiger partial charge is 0.113 e. The maximum atomic E-state index is 6.17. The highest BCUT2D eigenvalue weighted by atomic mass is 35.5. The average molecular weight is 306 g/mol. The van der Waals surface area contributed by atoms with Crippen molar-refractivity contribution in [2.45, 2.75) is 40.2 Å². The van der Waals surface area contributed by atoms with Crippen molar-refractivity contribution in [1.29, 1.82) is 0 Å². The minimum absolute atomic E-state index is 0.636. The lowest BCUT2D eigenvalue weighted by atomic mass is 10.1. The van der Waals surface area contributed by atoms with Crippen LogP contribution in [-0.4, -0.2) is 16.1 Å². The van der Waals surface area contributed by atoms with Crippen LogP contribution in [0.25, 0.3) is 5.69 Å². The normalized spacial score (nSPS) is 11.3. The number of hydrogen-bond donors (Lipinski definition) is 1. The molecule has 0 amide bonds. The van der Waals surface area contributed by atoms with E-state index in [9.17, 15) is 0 Å². The number of imidazole rings is 1. The van der Waals surface area contributed by atoms with Crippen molar-refractivity contribution in [1.82, 2.24) is 14.9 Å². The first-order valence-corrected chi connectivity index (χ1v) is 8.01. The zero-order valence-corrected chi connectivity index (χ0v) is 13.8. The van der Waals surface area contributed by atoms with E-state index >= 15 is 0 Å². The second-order valence-electron chi connectivity index (χ2n) is 5.76. The molecule has 0 atom stereocenters. The van der Waals surface area contributed by atoms with Gasteiger partial charge in [0.1, 0.15) is 5.82 Å². The summed E-state index contributed by atoms with van der Waals surface area (Å²) in [5.41, 5.74) is 2.37. The Labute approximate surface area is 132 Å². The Bertz CT molecular complexity index is 575. The molecule has 0 spiro atoms. The number of halogens is 1. The number of benzene rings is 1. The molecular formula is C17H24ClN3. The molecule has 0 aliphatic heterocycles. The van der Waals surface area contributed by atoms with Crippen LogP contribution in [0.3, 0.4) is 0 Å². The van der Waals surface area contributed by atoms with Crippen molar-refractivity contribution >= 4 is 11.6 Å². The zero-order chi connectivity index (χ0) is 15.2. The molecule has 0 aliphatic carbocycles. The quantitative estimate of drug-likeness (QED) is 0.830. The van der Waals surface area contributed by atoms with Crippen molar-refractivity contribution < 1.29 is 0 Å². The van der Waals surface area contributed by atoms with Gasteiger partial charge in [-0.2, -0.15) is 0 Å². The molecule has 4 heteroatoms. The third-order valence-corrected chi connectivity index (χ3v) is 3.60. The number of nitrogens with one attached hydrogen (secondary N) is 1.